The molecule has 0 fully saturated rings. The lowest BCUT2D eigenvalue weighted by Crippen LogP contribution is -2.13. The van der Waals surface area contributed by atoms with Gasteiger partial charge in [0, 0.05) is 11.1 Å². The normalized spacial score (nSPS) is 10.8. The second kappa shape index (κ2) is 4.94. The fourth-order valence-electron chi connectivity index (χ4n) is 2.39. The molecule has 0 spiro atoms. The Hall–Kier alpha value is -2.82. The van der Waals surface area contributed by atoms with Crippen molar-refractivity contribution in [2.24, 2.45) is 0 Å². The molecule has 3 rings (SSSR count). The van der Waals surface area contributed by atoms with Crippen LogP contribution in [0.3, 0.4) is 0 Å². The number of aromatic nitrogens is 2. The maximum atomic E-state index is 12.3. The number of fused-ring (bicyclic) bond motifs is 1. The fourth-order valence-corrected chi connectivity index (χ4v) is 2.39. The Morgan fingerprint density at radius 3 is 2.76 bits per heavy atom. The minimum absolute atomic E-state index is 0.233. The van der Waals surface area contributed by atoms with E-state index in [1.54, 1.807) is 12.1 Å². The fraction of sp³-hybridized carbons (Fsp3) is 0.125. The van der Waals surface area contributed by atoms with Crippen LogP contribution in [0.2, 0.25) is 0 Å². The predicted molar refractivity (Wildman–Crippen MR) is 84.4 cm³/mol. The van der Waals surface area contributed by atoms with E-state index in [1.165, 1.54) is 0 Å². The molecule has 0 unspecified atom stereocenters. The lowest BCUT2D eigenvalue weighted by Gasteiger charge is -2.05. The van der Waals surface area contributed by atoms with E-state index in [2.05, 4.69) is 15.3 Å². The van der Waals surface area contributed by atoms with Gasteiger partial charge in [-0.3, -0.25) is 4.79 Å². The molecule has 4 N–H and O–H groups in total. The summed E-state index contributed by atoms with van der Waals surface area (Å²) in [6, 6.07) is 11.1. The van der Waals surface area contributed by atoms with Crippen LogP contribution in [-0.2, 0) is 0 Å². The Kier molecular flexibility index (Phi) is 3.10. The minimum Gasteiger partial charge on any atom is -0.397 e. The molecule has 5 heteroatoms. The van der Waals surface area contributed by atoms with Gasteiger partial charge in [0.1, 0.15) is 11.5 Å². The summed E-state index contributed by atoms with van der Waals surface area (Å²) in [5.41, 5.74) is 9.67. The summed E-state index contributed by atoms with van der Waals surface area (Å²) in [7, 11) is 0. The number of benzene rings is 1. The molecule has 0 saturated heterocycles. The highest BCUT2D eigenvalue weighted by atomic mass is 16.1. The average Bonchev–Trinajstić information content (AvgIpc) is 2.83. The van der Waals surface area contributed by atoms with E-state index < -0.39 is 0 Å². The third-order valence-corrected chi connectivity index (χ3v) is 3.27. The molecule has 0 bridgehead atoms. The van der Waals surface area contributed by atoms with Gasteiger partial charge in [-0.15, -0.1) is 0 Å². The van der Waals surface area contributed by atoms with Crippen molar-refractivity contribution >= 4 is 28.3 Å². The third kappa shape index (κ3) is 2.58. The molecule has 3 aromatic rings. The van der Waals surface area contributed by atoms with E-state index in [0.29, 0.717) is 17.2 Å². The summed E-state index contributed by atoms with van der Waals surface area (Å²) in [5.74, 6) is 0.312. The first-order chi connectivity index (χ1) is 10.0. The van der Waals surface area contributed by atoms with Crippen molar-refractivity contribution in [1.82, 2.24) is 9.97 Å². The molecule has 106 valence electrons. The van der Waals surface area contributed by atoms with Crippen LogP contribution >= 0.6 is 0 Å². The van der Waals surface area contributed by atoms with Crippen molar-refractivity contribution < 1.29 is 4.79 Å². The molecule has 0 aliphatic carbocycles. The number of rotatable bonds is 2. The van der Waals surface area contributed by atoms with Crippen LogP contribution in [0.4, 0.5) is 11.5 Å². The van der Waals surface area contributed by atoms with Gasteiger partial charge in [-0.2, -0.15) is 0 Å². The van der Waals surface area contributed by atoms with Crippen LogP contribution < -0.4 is 11.1 Å². The number of nitrogen functional groups attached to an aromatic ring is 1. The van der Waals surface area contributed by atoms with Gasteiger partial charge in [0.2, 0.25) is 0 Å². The number of carbonyl (C=O) groups is 1. The zero-order valence-corrected chi connectivity index (χ0v) is 11.9. The van der Waals surface area contributed by atoms with Gasteiger partial charge < -0.3 is 16.0 Å². The molecule has 0 atom stereocenters. The summed E-state index contributed by atoms with van der Waals surface area (Å²) in [6.45, 7) is 3.86. The molecule has 0 radical (unpaired) electrons. The van der Waals surface area contributed by atoms with Crippen LogP contribution in [-0.4, -0.2) is 15.9 Å². The van der Waals surface area contributed by atoms with Gasteiger partial charge in [-0.1, -0.05) is 12.1 Å². The molecule has 21 heavy (non-hydrogen) atoms. The molecule has 2 heterocycles. The van der Waals surface area contributed by atoms with Gasteiger partial charge in [0.15, 0.2) is 0 Å². The number of aromatic amines is 1. The smallest absolute Gasteiger partial charge is 0.273 e. The molecule has 0 aliphatic heterocycles. The maximum absolute atomic E-state index is 12.3. The molecule has 5 nitrogen and oxygen atoms in total. The Bertz CT molecular complexity index is 815. The van der Waals surface area contributed by atoms with E-state index in [1.807, 2.05) is 38.1 Å². The van der Waals surface area contributed by atoms with Gasteiger partial charge >= 0.3 is 0 Å². The molecule has 0 saturated carbocycles. The molecule has 2 aromatic heterocycles. The number of nitrogens with one attached hydrogen (secondary N) is 2. The first-order valence-electron chi connectivity index (χ1n) is 6.67. The van der Waals surface area contributed by atoms with Crippen molar-refractivity contribution in [3.63, 3.8) is 0 Å². The lowest BCUT2D eigenvalue weighted by molar-refractivity contribution is 0.102. The van der Waals surface area contributed by atoms with Crippen LogP contribution in [0.15, 0.2) is 36.4 Å². The van der Waals surface area contributed by atoms with Crippen molar-refractivity contribution in [1.29, 1.82) is 0 Å². The number of nitrogens with two attached hydrogens (primary N) is 1. The third-order valence-electron chi connectivity index (χ3n) is 3.27. The Balaban J connectivity index is 1.91. The number of pyridine rings is 1. The van der Waals surface area contributed by atoms with Crippen LogP contribution in [0.5, 0.6) is 0 Å². The molecular formula is C16H16N4O. The number of hydrogen-bond acceptors (Lipinski definition) is 3. The highest BCUT2D eigenvalue weighted by molar-refractivity contribution is 6.06. The van der Waals surface area contributed by atoms with E-state index in [0.717, 1.165) is 22.2 Å². The zero-order chi connectivity index (χ0) is 15.0. The average molecular weight is 280 g/mol. The monoisotopic (exact) mass is 280 g/mol. The van der Waals surface area contributed by atoms with Crippen LogP contribution in [0, 0.1) is 13.8 Å². The number of H-pyrrole nitrogens is 1. The summed E-state index contributed by atoms with van der Waals surface area (Å²) < 4.78 is 0. The second-order valence-corrected chi connectivity index (χ2v) is 5.12. The topological polar surface area (TPSA) is 83.8 Å². The van der Waals surface area contributed by atoms with Crippen LogP contribution in [0.25, 0.3) is 10.9 Å². The zero-order valence-electron chi connectivity index (χ0n) is 11.9. The van der Waals surface area contributed by atoms with Crippen molar-refractivity contribution in [3.05, 3.63) is 53.3 Å². The first-order valence-corrected chi connectivity index (χ1v) is 6.67. The number of carbonyl (C=O) groups excluding carboxylic acids is 1. The quantitative estimate of drug-likeness (QED) is 0.631. The molecule has 1 aromatic carbocycles. The molecule has 1 amide bonds. The number of amides is 1. The van der Waals surface area contributed by atoms with Crippen LogP contribution in [0.1, 0.15) is 21.7 Å². The highest BCUT2D eigenvalue weighted by Crippen LogP contribution is 2.21. The van der Waals surface area contributed by atoms with E-state index >= 15 is 0 Å². The number of aryl methyl sites for hydroxylation is 2. The lowest BCUT2D eigenvalue weighted by atomic mass is 10.2. The summed E-state index contributed by atoms with van der Waals surface area (Å²) in [4.78, 5) is 19.6. The minimum atomic E-state index is -0.233. The highest BCUT2D eigenvalue weighted by Gasteiger charge is 2.11. The maximum Gasteiger partial charge on any atom is 0.273 e. The Morgan fingerprint density at radius 2 is 2.05 bits per heavy atom. The number of para-hydroxylation sites is 1. The van der Waals surface area contributed by atoms with Gasteiger partial charge in [-0.05, 0) is 43.7 Å². The predicted octanol–water partition coefficient (Wildman–Crippen LogP) is 3.01. The number of hydrogen-bond donors (Lipinski definition) is 3. The van der Waals surface area contributed by atoms with Crippen molar-refractivity contribution in [3.8, 4) is 0 Å². The van der Waals surface area contributed by atoms with E-state index in [4.69, 9.17) is 5.73 Å². The molecular weight excluding hydrogens is 264 g/mol. The number of anilines is 2. The Morgan fingerprint density at radius 1 is 1.24 bits per heavy atom. The SMILES string of the molecule is Cc1cc(C)nc(NC(=O)c2cc3cccc(N)c3[nH]2)c1. The van der Waals surface area contributed by atoms with Gasteiger partial charge in [-0.25, -0.2) is 4.98 Å². The van der Waals surface area contributed by atoms with Gasteiger partial charge in [0.05, 0.1) is 11.2 Å². The Labute approximate surface area is 122 Å². The summed E-state index contributed by atoms with van der Waals surface area (Å²) in [5, 5.41) is 3.71. The second-order valence-electron chi connectivity index (χ2n) is 5.12. The summed E-state index contributed by atoms with van der Waals surface area (Å²) in [6.07, 6.45) is 0. The van der Waals surface area contributed by atoms with E-state index in [9.17, 15) is 4.79 Å². The largest absolute Gasteiger partial charge is 0.397 e. The standard InChI is InChI=1S/C16H16N4O/c1-9-6-10(2)18-14(7-9)20-16(21)13-8-11-4-3-5-12(17)15(11)19-13/h3-8,19H,17H2,1-2H3,(H,18,20,21). The number of nitrogens with zero attached hydrogens (tertiary/aromatic N) is 1. The summed E-state index contributed by atoms with van der Waals surface area (Å²) >= 11 is 0. The van der Waals surface area contributed by atoms with Gasteiger partial charge in [0.25, 0.3) is 5.91 Å². The van der Waals surface area contributed by atoms with Crippen molar-refractivity contribution in [2.45, 2.75) is 13.8 Å². The molecule has 0 aliphatic rings. The van der Waals surface area contributed by atoms with E-state index in [-0.39, 0.29) is 5.91 Å². The first kappa shape index (κ1) is 13.2. The van der Waals surface area contributed by atoms with Crippen molar-refractivity contribution in [2.75, 3.05) is 11.1 Å².